The summed E-state index contributed by atoms with van der Waals surface area (Å²) in [5, 5.41) is 0. The first-order chi connectivity index (χ1) is 5.77. The second kappa shape index (κ2) is 3.03. The largest absolute Gasteiger partial charge is 0.273 e. The minimum Gasteiger partial charge on any atom is -0.273 e. The lowest BCUT2D eigenvalue weighted by Crippen LogP contribution is -2.21. The molecule has 0 spiro atoms. The third-order valence-electron chi connectivity index (χ3n) is 1.71. The van der Waals surface area contributed by atoms with Crippen LogP contribution in [0.1, 0.15) is 5.56 Å². The zero-order valence-corrected chi connectivity index (χ0v) is 7.94. The van der Waals surface area contributed by atoms with E-state index in [-0.39, 0.29) is 5.91 Å². The molecule has 0 aromatic heterocycles. The van der Waals surface area contributed by atoms with Crippen LogP contribution < -0.4 is 0 Å². The van der Waals surface area contributed by atoms with Crippen molar-refractivity contribution in [1.82, 2.24) is 3.71 Å². The first-order valence-electron chi connectivity index (χ1n) is 3.55. The summed E-state index contributed by atoms with van der Waals surface area (Å²) in [6.45, 7) is 0. The number of carbonyl (C=O) groups is 1. The van der Waals surface area contributed by atoms with Gasteiger partial charge in [-0.3, -0.25) is 4.79 Å². The van der Waals surface area contributed by atoms with Crippen LogP contribution in [0.3, 0.4) is 0 Å². The van der Waals surface area contributed by atoms with Crippen LogP contribution in [-0.4, -0.2) is 9.62 Å². The number of hydrogen-bond donors (Lipinski definition) is 1. The van der Waals surface area contributed by atoms with Crippen molar-refractivity contribution in [3.05, 3.63) is 29.8 Å². The van der Waals surface area contributed by atoms with Gasteiger partial charge in [-0.05, 0) is 11.6 Å². The highest BCUT2D eigenvalue weighted by molar-refractivity contribution is 8.06. The molecule has 4 heteroatoms. The van der Waals surface area contributed by atoms with Crippen molar-refractivity contribution >= 4 is 30.7 Å². The molecular weight excluding hydrogens is 190 g/mol. The Morgan fingerprint density at radius 1 is 1.42 bits per heavy atom. The highest BCUT2D eigenvalue weighted by Crippen LogP contribution is 2.32. The van der Waals surface area contributed by atoms with E-state index < -0.39 is 0 Å². The Kier molecular flexibility index (Phi) is 2.02. The van der Waals surface area contributed by atoms with Gasteiger partial charge < -0.3 is 0 Å². The lowest BCUT2D eigenvalue weighted by molar-refractivity contribution is -0.122. The Balaban J connectivity index is 2.40. The maximum Gasteiger partial charge on any atom is 0.247 e. The maximum atomic E-state index is 11.2. The lowest BCUT2D eigenvalue weighted by Gasteiger charge is -2.21. The number of thiol groups is 1. The summed E-state index contributed by atoms with van der Waals surface area (Å²) in [4.78, 5) is 12.3. The van der Waals surface area contributed by atoms with E-state index in [4.69, 9.17) is 0 Å². The van der Waals surface area contributed by atoms with E-state index in [1.54, 1.807) is 0 Å². The fraction of sp³-hybridized carbons (Fsp3) is 0.125. The second-order valence-corrected chi connectivity index (χ2v) is 4.20. The van der Waals surface area contributed by atoms with Gasteiger partial charge in [0.1, 0.15) is 0 Å². The fourth-order valence-corrected chi connectivity index (χ4v) is 2.20. The SMILES string of the molecule is O=C1Cc2ccccc2SN1S. The second-order valence-electron chi connectivity index (χ2n) is 2.54. The molecule has 62 valence electrons. The summed E-state index contributed by atoms with van der Waals surface area (Å²) in [6.07, 6.45) is 0.465. The summed E-state index contributed by atoms with van der Waals surface area (Å²) in [7, 11) is 0. The van der Waals surface area contributed by atoms with Gasteiger partial charge in [0.2, 0.25) is 5.91 Å². The summed E-state index contributed by atoms with van der Waals surface area (Å²) in [6, 6.07) is 7.88. The van der Waals surface area contributed by atoms with Gasteiger partial charge >= 0.3 is 0 Å². The maximum absolute atomic E-state index is 11.2. The van der Waals surface area contributed by atoms with Gasteiger partial charge in [-0.15, -0.1) is 0 Å². The molecule has 2 rings (SSSR count). The first-order valence-corrected chi connectivity index (χ1v) is 4.72. The van der Waals surface area contributed by atoms with Crippen LogP contribution in [0.15, 0.2) is 29.2 Å². The minimum absolute atomic E-state index is 0.0435. The Bertz CT molecular complexity index is 327. The van der Waals surface area contributed by atoms with Crippen molar-refractivity contribution in [3.8, 4) is 0 Å². The molecule has 0 saturated carbocycles. The molecule has 0 saturated heterocycles. The van der Waals surface area contributed by atoms with Crippen LogP contribution in [0.25, 0.3) is 0 Å². The van der Waals surface area contributed by atoms with E-state index in [2.05, 4.69) is 12.8 Å². The zero-order valence-electron chi connectivity index (χ0n) is 6.23. The van der Waals surface area contributed by atoms with Crippen LogP contribution >= 0.6 is 24.8 Å². The van der Waals surface area contributed by atoms with E-state index in [1.165, 1.54) is 15.7 Å². The number of hydrogen-bond acceptors (Lipinski definition) is 3. The molecule has 0 N–H and O–H groups in total. The monoisotopic (exact) mass is 197 g/mol. The molecule has 1 amide bonds. The molecule has 1 heterocycles. The Labute approximate surface area is 80.6 Å². The predicted octanol–water partition coefficient (Wildman–Crippen LogP) is 1.92. The van der Waals surface area contributed by atoms with Crippen LogP contribution in [0.4, 0.5) is 0 Å². The molecule has 0 aliphatic carbocycles. The Morgan fingerprint density at radius 2 is 2.17 bits per heavy atom. The van der Waals surface area contributed by atoms with Gasteiger partial charge in [-0.2, -0.15) is 0 Å². The summed E-state index contributed by atoms with van der Waals surface area (Å²) in [5.74, 6) is 0.0435. The molecule has 1 aromatic rings. The lowest BCUT2D eigenvalue weighted by atomic mass is 10.1. The molecular formula is C8H7NOS2. The molecule has 0 atom stereocenters. The van der Waals surface area contributed by atoms with E-state index in [1.807, 2.05) is 24.3 Å². The van der Waals surface area contributed by atoms with Crippen molar-refractivity contribution in [2.24, 2.45) is 0 Å². The van der Waals surface area contributed by atoms with Crippen LogP contribution in [0.2, 0.25) is 0 Å². The third kappa shape index (κ3) is 1.32. The van der Waals surface area contributed by atoms with Crippen LogP contribution in [-0.2, 0) is 11.2 Å². The molecule has 2 nitrogen and oxygen atoms in total. The third-order valence-corrected chi connectivity index (χ3v) is 3.15. The number of nitrogens with zero attached hydrogens (tertiary/aromatic N) is 1. The molecule has 0 bridgehead atoms. The van der Waals surface area contributed by atoms with Crippen molar-refractivity contribution in [2.75, 3.05) is 0 Å². The summed E-state index contributed by atoms with van der Waals surface area (Å²) < 4.78 is 1.38. The average molecular weight is 197 g/mol. The zero-order chi connectivity index (χ0) is 8.55. The quantitative estimate of drug-likeness (QED) is 0.506. The highest BCUT2D eigenvalue weighted by atomic mass is 32.2. The number of amides is 1. The van der Waals surface area contributed by atoms with E-state index in [0.717, 1.165) is 10.5 Å². The van der Waals surface area contributed by atoms with Crippen LogP contribution in [0.5, 0.6) is 0 Å². The number of rotatable bonds is 0. The van der Waals surface area contributed by atoms with Gasteiger partial charge in [0.15, 0.2) is 0 Å². The molecule has 12 heavy (non-hydrogen) atoms. The van der Waals surface area contributed by atoms with Crippen molar-refractivity contribution in [1.29, 1.82) is 0 Å². The summed E-state index contributed by atoms with van der Waals surface area (Å²) in [5.41, 5.74) is 1.10. The van der Waals surface area contributed by atoms with Gasteiger partial charge in [0, 0.05) is 16.8 Å². The smallest absolute Gasteiger partial charge is 0.247 e. The number of carbonyl (C=O) groups excluding carboxylic acids is 1. The number of benzene rings is 1. The standard InChI is InChI=1S/C8H7NOS2/c10-8-5-6-3-1-2-4-7(6)12-9(8)11/h1-4,11H,5H2. The van der Waals surface area contributed by atoms with Crippen molar-refractivity contribution < 1.29 is 4.79 Å². The highest BCUT2D eigenvalue weighted by Gasteiger charge is 2.20. The van der Waals surface area contributed by atoms with Gasteiger partial charge in [-0.25, -0.2) is 3.71 Å². The van der Waals surface area contributed by atoms with Crippen molar-refractivity contribution in [2.45, 2.75) is 11.3 Å². The van der Waals surface area contributed by atoms with Gasteiger partial charge in [-0.1, -0.05) is 31.0 Å². The molecule has 1 aliphatic heterocycles. The Hall–Kier alpha value is -0.610. The van der Waals surface area contributed by atoms with E-state index in [0.29, 0.717) is 6.42 Å². The normalized spacial score (nSPS) is 16.1. The van der Waals surface area contributed by atoms with Gasteiger partial charge in [0.05, 0.1) is 6.42 Å². The van der Waals surface area contributed by atoms with Crippen LogP contribution in [0, 0.1) is 0 Å². The Morgan fingerprint density at radius 3 is 3.00 bits per heavy atom. The molecule has 0 fully saturated rings. The average Bonchev–Trinajstić information content (AvgIpc) is 2.07. The minimum atomic E-state index is 0.0435. The fourth-order valence-electron chi connectivity index (χ4n) is 1.11. The first kappa shape index (κ1) is 8.01. The number of fused-ring (bicyclic) bond motifs is 1. The molecule has 0 radical (unpaired) electrons. The predicted molar refractivity (Wildman–Crippen MR) is 51.8 cm³/mol. The van der Waals surface area contributed by atoms with Gasteiger partial charge in [0.25, 0.3) is 0 Å². The topological polar surface area (TPSA) is 20.3 Å². The van der Waals surface area contributed by atoms with E-state index >= 15 is 0 Å². The van der Waals surface area contributed by atoms with Crippen molar-refractivity contribution in [3.63, 3.8) is 0 Å². The molecule has 1 aliphatic rings. The molecule has 0 unspecified atom stereocenters. The van der Waals surface area contributed by atoms with E-state index in [9.17, 15) is 4.79 Å². The summed E-state index contributed by atoms with van der Waals surface area (Å²) >= 11 is 5.40. The molecule has 1 aromatic carbocycles.